The number of rotatable bonds is 6. The Labute approximate surface area is 190 Å². The summed E-state index contributed by atoms with van der Waals surface area (Å²) in [7, 11) is 1.53. The van der Waals surface area contributed by atoms with E-state index < -0.39 is 12.3 Å². The van der Waals surface area contributed by atoms with E-state index in [0.717, 1.165) is 5.56 Å². The van der Waals surface area contributed by atoms with Gasteiger partial charge in [-0.25, -0.2) is 13.8 Å². The Morgan fingerprint density at radius 2 is 1.97 bits per heavy atom. The fraction of sp³-hybridized carbons (Fsp3) is 0.565. The van der Waals surface area contributed by atoms with E-state index in [-0.39, 0.29) is 35.4 Å². The molecule has 2 amide bonds. The van der Waals surface area contributed by atoms with Gasteiger partial charge in [0, 0.05) is 42.2 Å². The first-order chi connectivity index (χ1) is 15.9. The van der Waals surface area contributed by atoms with Crippen LogP contribution in [0.4, 0.5) is 8.78 Å². The predicted octanol–water partition coefficient (Wildman–Crippen LogP) is 3.26. The van der Waals surface area contributed by atoms with E-state index in [1.807, 2.05) is 0 Å². The van der Waals surface area contributed by atoms with Crippen molar-refractivity contribution in [1.29, 1.82) is 0 Å². The normalized spacial score (nSPS) is 25.8. The first kappa shape index (κ1) is 23.1. The molecular formula is C23H29F2N5O3. The Morgan fingerprint density at radius 1 is 1.21 bits per heavy atom. The van der Waals surface area contributed by atoms with Gasteiger partial charge in [-0.15, -0.1) is 0 Å². The monoisotopic (exact) mass is 461 g/mol. The molecule has 2 aromatic rings. The zero-order chi connectivity index (χ0) is 23.5. The maximum Gasteiger partial charge on any atom is 0.274 e. The molecule has 1 aliphatic heterocycles. The van der Waals surface area contributed by atoms with Crippen molar-refractivity contribution in [2.24, 2.45) is 23.5 Å². The summed E-state index contributed by atoms with van der Waals surface area (Å²) >= 11 is 0. The lowest BCUT2D eigenvalue weighted by Gasteiger charge is -2.44. The molecular weight excluding hydrogens is 432 g/mol. The van der Waals surface area contributed by atoms with Crippen LogP contribution in [0.25, 0.3) is 11.3 Å². The lowest BCUT2D eigenvalue weighted by atomic mass is 9.74. The van der Waals surface area contributed by atoms with Crippen molar-refractivity contribution in [3.8, 4) is 17.1 Å². The summed E-state index contributed by atoms with van der Waals surface area (Å²) in [6.45, 7) is 0.386. The van der Waals surface area contributed by atoms with E-state index >= 15 is 0 Å². The third-order valence-electron chi connectivity index (χ3n) is 7.08. The number of hydrogen-bond acceptors (Lipinski definition) is 5. The Hall–Kier alpha value is -3.04. The number of aromatic nitrogens is 3. The van der Waals surface area contributed by atoms with Gasteiger partial charge in [0.25, 0.3) is 5.91 Å². The number of likely N-dealkylation sites (tertiary alicyclic amines) is 1. The molecule has 4 rings (SSSR count). The summed E-state index contributed by atoms with van der Waals surface area (Å²) in [6.07, 6.45) is 2.32. The van der Waals surface area contributed by atoms with Gasteiger partial charge >= 0.3 is 0 Å². The predicted molar refractivity (Wildman–Crippen MR) is 117 cm³/mol. The van der Waals surface area contributed by atoms with Crippen LogP contribution in [0.1, 0.15) is 49.0 Å². The van der Waals surface area contributed by atoms with E-state index in [4.69, 9.17) is 10.5 Å². The van der Waals surface area contributed by atoms with Crippen molar-refractivity contribution in [2.75, 3.05) is 13.7 Å². The summed E-state index contributed by atoms with van der Waals surface area (Å²) < 4.78 is 31.4. The number of primary amides is 1. The minimum atomic E-state index is -2.32. The van der Waals surface area contributed by atoms with Gasteiger partial charge in [-0.1, -0.05) is 0 Å². The van der Waals surface area contributed by atoms with E-state index in [9.17, 15) is 18.4 Å². The number of methoxy groups -OCH3 is 1. The van der Waals surface area contributed by atoms with E-state index in [0.29, 0.717) is 56.6 Å². The second-order valence-corrected chi connectivity index (χ2v) is 8.95. The maximum absolute atomic E-state index is 13.4. The SMILES string of the molecule is COc1cc(-c2cc(C(=O)N3CCC(C(N)=O)CC3C3CCC(C(F)F)CC3)n[nH]2)ccn1. The number of alkyl halides is 2. The largest absolute Gasteiger partial charge is 0.481 e. The Bertz CT molecular complexity index is 990. The zero-order valence-electron chi connectivity index (χ0n) is 18.5. The van der Waals surface area contributed by atoms with Crippen LogP contribution >= 0.6 is 0 Å². The number of halogens is 2. The molecule has 3 heterocycles. The van der Waals surface area contributed by atoms with Gasteiger partial charge in [0.05, 0.1) is 12.8 Å². The highest BCUT2D eigenvalue weighted by molar-refractivity contribution is 5.94. The van der Waals surface area contributed by atoms with Crippen LogP contribution < -0.4 is 10.5 Å². The number of carbonyl (C=O) groups is 2. The standard InChI is InChI=1S/C23H29F2N5O3/c1-33-20-11-15(6-8-27-20)17-12-18(29-28-17)23(32)30-9-7-16(22(26)31)10-19(30)13-2-4-14(5-3-13)21(24)25/h6,8,11-14,16,19,21H,2-5,7,9-10H2,1H3,(H2,26,31)(H,28,29). The average molecular weight is 462 g/mol. The summed E-state index contributed by atoms with van der Waals surface area (Å²) in [4.78, 5) is 31.2. The molecule has 3 N–H and O–H groups in total. The Balaban J connectivity index is 1.53. The van der Waals surface area contributed by atoms with Crippen molar-refractivity contribution in [1.82, 2.24) is 20.1 Å². The molecule has 0 radical (unpaired) electrons. The highest BCUT2D eigenvalue weighted by atomic mass is 19.3. The van der Waals surface area contributed by atoms with Crippen LogP contribution in [-0.2, 0) is 4.79 Å². The van der Waals surface area contributed by atoms with E-state index in [1.54, 1.807) is 29.3 Å². The Kier molecular flexibility index (Phi) is 6.90. The maximum atomic E-state index is 13.4. The quantitative estimate of drug-likeness (QED) is 0.685. The lowest BCUT2D eigenvalue weighted by molar-refractivity contribution is -0.124. The van der Waals surface area contributed by atoms with E-state index in [1.165, 1.54) is 7.11 Å². The second-order valence-electron chi connectivity index (χ2n) is 8.95. The molecule has 2 unspecified atom stereocenters. The van der Waals surface area contributed by atoms with Crippen LogP contribution in [0, 0.1) is 17.8 Å². The molecule has 1 saturated heterocycles. The molecule has 178 valence electrons. The average Bonchev–Trinajstić information content (AvgIpc) is 3.33. The van der Waals surface area contributed by atoms with Crippen molar-refractivity contribution in [3.05, 3.63) is 30.1 Å². The van der Waals surface area contributed by atoms with Gasteiger partial charge < -0.3 is 15.4 Å². The van der Waals surface area contributed by atoms with Gasteiger partial charge in [-0.3, -0.25) is 14.7 Å². The highest BCUT2D eigenvalue weighted by Gasteiger charge is 2.41. The number of nitrogens with one attached hydrogen (secondary N) is 1. The molecule has 0 aromatic carbocycles. The first-order valence-electron chi connectivity index (χ1n) is 11.3. The molecule has 8 nitrogen and oxygen atoms in total. The summed E-state index contributed by atoms with van der Waals surface area (Å²) in [5.41, 5.74) is 7.27. The molecule has 2 aromatic heterocycles. The topological polar surface area (TPSA) is 114 Å². The van der Waals surface area contributed by atoms with Gasteiger partial charge in [0.1, 0.15) is 0 Å². The van der Waals surface area contributed by atoms with Crippen LogP contribution in [0.3, 0.4) is 0 Å². The zero-order valence-corrected chi connectivity index (χ0v) is 18.5. The number of piperidine rings is 1. The fourth-order valence-electron chi connectivity index (χ4n) is 5.15. The van der Waals surface area contributed by atoms with Crippen molar-refractivity contribution in [2.45, 2.75) is 51.0 Å². The minimum absolute atomic E-state index is 0.0639. The fourth-order valence-corrected chi connectivity index (χ4v) is 5.15. The molecule has 33 heavy (non-hydrogen) atoms. The first-order valence-corrected chi connectivity index (χ1v) is 11.3. The number of pyridine rings is 1. The van der Waals surface area contributed by atoms with Crippen molar-refractivity contribution in [3.63, 3.8) is 0 Å². The summed E-state index contributed by atoms with van der Waals surface area (Å²) in [6, 6.07) is 4.99. The van der Waals surface area contributed by atoms with Crippen LogP contribution in [0.5, 0.6) is 5.88 Å². The number of carbonyl (C=O) groups excluding carboxylic acids is 2. The number of aromatic amines is 1. The van der Waals surface area contributed by atoms with Crippen LogP contribution in [0.15, 0.2) is 24.4 Å². The van der Waals surface area contributed by atoms with Crippen molar-refractivity contribution >= 4 is 11.8 Å². The number of H-pyrrole nitrogens is 1. The smallest absolute Gasteiger partial charge is 0.274 e. The van der Waals surface area contributed by atoms with Gasteiger partial charge in [0.2, 0.25) is 18.2 Å². The number of nitrogens with zero attached hydrogens (tertiary/aromatic N) is 3. The number of ether oxygens (including phenoxy) is 1. The summed E-state index contributed by atoms with van der Waals surface area (Å²) in [5, 5.41) is 7.12. The molecule has 0 bridgehead atoms. The number of nitrogens with two attached hydrogens (primary N) is 1. The van der Waals surface area contributed by atoms with Gasteiger partial charge in [-0.05, 0) is 56.6 Å². The van der Waals surface area contributed by atoms with Gasteiger partial charge in [0.15, 0.2) is 5.69 Å². The van der Waals surface area contributed by atoms with Crippen LogP contribution in [0.2, 0.25) is 0 Å². The minimum Gasteiger partial charge on any atom is -0.481 e. The molecule has 10 heteroatoms. The second kappa shape index (κ2) is 9.84. The van der Waals surface area contributed by atoms with E-state index in [2.05, 4.69) is 15.2 Å². The van der Waals surface area contributed by atoms with Gasteiger partial charge in [-0.2, -0.15) is 5.10 Å². The lowest BCUT2D eigenvalue weighted by Crippen LogP contribution is -2.52. The highest BCUT2D eigenvalue weighted by Crippen LogP contribution is 2.39. The molecule has 0 spiro atoms. The molecule has 2 aliphatic rings. The van der Waals surface area contributed by atoms with Crippen molar-refractivity contribution < 1.29 is 23.1 Å². The Morgan fingerprint density at radius 3 is 2.64 bits per heavy atom. The third-order valence-corrected chi connectivity index (χ3v) is 7.08. The molecule has 2 atom stereocenters. The summed E-state index contributed by atoms with van der Waals surface area (Å²) in [5.74, 6) is -1.00. The number of hydrogen-bond donors (Lipinski definition) is 2. The molecule has 2 fully saturated rings. The molecule has 1 aliphatic carbocycles. The number of amides is 2. The molecule has 1 saturated carbocycles. The third kappa shape index (κ3) is 4.99. The van der Waals surface area contributed by atoms with Crippen LogP contribution in [-0.4, -0.2) is 58.0 Å².